The van der Waals surface area contributed by atoms with E-state index in [9.17, 15) is 14.0 Å². The highest BCUT2D eigenvalue weighted by molar-refractivity contribution is 6.33. The molecule has 0 aliphatic carbocycles. The van der Waals surface area contributed by atoms with Crippen LogP contribution in [0.3, 0.4) is 0 Å². The molecule has 1 atom stereocenters. The van der Waals surface area contributed by atoms with Crippen molar-refractivity contribution in [2.45, 2.75) is 38.8 Å². The zero-order valence-corrected chi connectivity index (χ0v) is 18.5. The van der Waals surface area contributed by atoms with Crippen LogP contribution >= 0.6 is 11.6 Å². The van der Waals surface area contributed by atoms with Crippen LogP contribution in [0, 0.1) is 5.82 Å². The minimum Gasteiger partial charge on any atom is -0.350 e. The molecule has 0 saturated heterocycles. The maximum atomic E-state index is 14.0. The van der Waals surface area contributed by atoms with Gasteiger partial charge in [0.15, 0.2) is 0 Å². The summed E-state index contributed by atoms with van der Waals surface area (Å²) in [5.74, 6) is -1.53. The molecule has 168 valence electrons. The van der Waals surface area contributed by atoms with Gasteiger partial charge in [-0.15, -0.1) is 0 Å². The third kappa shape index (κ3) is 6.37. The molecule has 2 N–H and O–H groups in total. The second-order valence-corrected chi connectivity index (χ2v) is 7.82. The molecule has 0 bridgehead atoms. The van der Waals surface area contributed by atoms with E-state index in [2.05, 4.69) is 20.7 Å². The second kappa shape index (κ2) is 11.4. The largest absolute Gasteiger partial charge is 0.350 e. The summed E-state index contributed by atoms with van der Waals surface area (Å²) in [5, 5.41) is 9.76. The molecule has 0 fully saturated rings. The van der Waals surface area contributed by atoms with Crippen molar-refractivity contribution in [1.29, 1.82) is 0 Å². The maximum absolute atomic E-state index is 14.0. The number of rotatable bonds is 10. The van der Waals surface area contributed by atoms with Gasteiger partial charge in [-0.2, -0.15) is 5.10 Å². The molecule has 0 saturated carbocycles. The molecule has 0 aliphatic heterocycles. The zero-order valence-electron chi connectivity index (χ0n) is 17.7. The van der Waals surface area contributed by atoms with Gasteiger partial charge in [-0.3, -0.25) is 9.59 Å². The van der Waals surface area contributed by atoms with Gasteiger partial charge in [0.25, 0.3) is 11.8 Å². The first-order valence-electron chi connectivity index (χ1n) is 10.4. The van der Waals surface area contributed by atoms with Gasteiger partial charge in [0, 0.05) is 18.2 Å². The lowest BCUT2D eigenvalue weighted by Gasteiger charge is -2.20. The number of unbranched alkanes of at least 4 members (excludes halogenated alkanes) is 1. The van der Waals surface area contributed by atoms with E-state index < -0.39 is 11.7 Å². The molecule has 2 aromatic carbocycles. The zero-order chi connectivity index (χ0) is 22.9. The van der Waals surface area contributed by atoms with Crippen molar-refractivity contribution in [3.8, 4) is 0 Å². The summed E-state index contributed by atoms with van der Waals surface area (Å²) >= 11 is 5.97. The predicted octanol–water partition coefficient (Wildman–Crippen LogP) is 3.84. The van der Waals surface area contributed by atoms with Crippen molar-refractivity contribution in [2.24, 2.45) is 0 Å². The first-order chi connectivity index (χ1) is 15.5. The van der Waals surface area contributed by atoms with E-state index >= 15 is 0 Å². The van der Waals surface area contributed by atoms with Crippen molar-refractivity contribution in [3.63, 3.8) is 0 Å². The Hall–Kier alpha value is -3.26. The number of nitrogens with zero attached hydrogens (tertiary/aromatic N) is 3. The van der Waals surface area contributed by atoms with E-state index in [4.69, 9.17) is 11.6 Å². The van der Waals surface area contributed by atoms with Gasteiger partial charge in [0.05, 0.1) is 17.1 Å². The van der Waals surface area contributed by atoms with Crippen molar-refractivity contribution in [3.05, 3.63) is 82.6 Å². The van der Waals surface area contributed by atoms with Crippen LogP contribution in [0.25, 0.3) is 0 Å². The minimum atomic E-state index is -0.685. The SMILES string of the molecule is CCCCC(CNC(=O)c1c(F)cccc1Cl)NC(=O)c1ccc(Cn2cncn2)cc1. The normalized spacial score (nSPS) is 11.7. The van der Waals surface area contributed by atoms with Gasteiger partial charge in [0.2, 0.25) is 0 Å². The minimum absolute atomic E-state index is 0.0441. The highest BCUT2D eigenvalue weighted by Gasteiger charge is 2.19. The van der Waals surface area contributed by atoms with E-state index in [-0.39, 0.29) is 29.1 Å². The number of carbonyl (C=O) groups is 2. The summed E-state index contributed by atoms with van der Waals surface area (Å²) in [5.41, 5.74) is 1.30. The second-order valence-electron chi connectivity index (χ2n) is 7.41. The van der Waals surface area contributed by atoms with Crippen LogP contribution in [0.15, 0.2) is 55.1 Å². The molecule has 9 heteroatoms. The molecule has 3 aromatic rings. The van der Waals surface area contributed by atoms with Gasteiger partial charge in [-0.1, -0.05) is 49.6 Å². The number of aromatic nitrogens is 3. The van der Waals surface area contributed by atoms with Crippen LogP contribution in [0.1, 0.15) is 52.5 Å². The summed E-state index contributed by atoms with van der Waals surface area (Å²) in [6.45, 7) is 2.77. The van der Waals surface area contributed by atoms with Crippen molar-refractivity contribution < 1.29 is 14.0 Å². The Kier molecular flexibility index (Phi) is 8.33. The summed E-state index contributed by atoms with van der Waals surface area (Å²) < 4.78 is 15.7. The molecule has 3 rings (SSSR count). The Morgan fingerprint density at radius 3 is 2.59 bits per heavy atom. The lowest BCUT2D eigenvalue weighted by atomic mass is 10.1. The van der Waals surface area contributed by atoms with Crippen molar-refractivity contribution in [2.75, 3.05) is 6.54 Å². The molecule has 7 nitrogen and oxygen atoms in total. The number of hydrogen-bond acceptors (Lipinski definition) is 4. The molecular weight excluding hydrogens is 433 g/mol. The number of amides is 2. The molecule has 2 amide bonds. The first kappa shape index (κ1) is 23.4. The number of halogens is 2. The Morgan fingerprint density at radius 2 is 1.94 bits per heavy atom. The monoisotopic (exact) mass is 457 g/mol. The summed E-state index contributed by atoms with van der Waals surface area (Å²) in [4.78, 5) is 29.1. The Morgan fingerprint density at radius 1 is 1.16 bits per heavy atom. The third-order valence-electron chi connectivity index (χ3n) is 4.97. The van der Waals surface area contributed by atoms with E-state index in [1.165, 1.54) is 24.5 Å². The van der Waals surface area contributed by atoms with Crippen molar-refractivity contribution in [1.82, 2.24) is 25.4 Å². The average molecular weight is 458 g/mol. The standard InChI is InChI=1S/C23H25ClFN5O2/c1-2-3-5-18(12-27-23(32)21-19(24)6-4-7-20(21)25)29-22(31)17-10-8-16(9-11-17)13-30-15-26-14-28-30/h4,6-11,14-15,18H,2-3,5,12-13H2,1H3,(H,27,32)(H,29,31). The van der Waals surface area contributed by atoms with E-state index in [1.807, 2.05) is 19.1 Å². The molecule has 1 heterocycles. The van der Waals surface area contributed by atoms with Crippen LogP contribution in [0.5, 0.6) is 0 Å². The molecule has 0 spiro atoms. The van der Waals surface area contributed by atoms with Crippen LogP contribution < -0.4 is 10.6 Å². The fourth-order valence-electron chi connectivity index (χ4n) is 3.23. The van der Waals surface area contributed by atoms with Crippen LogP contribution in [-0.2, 0) is 6.54 Å². The number of carbonyl (C=O) groups excluding carboxylic acids is 2. The predicted molar refractivity (Wildman–Crippen MR) is 120 cm³/mol. The number of hydrogen-bond donors (Lipinski definition) is 2. The first-order valence-corrected chi connectivity index (χ1v) is 10.8. The van der Waals surface area contributed by atoms with Crippen molar-refractivity contribution >= 4 is 23.4 Å². The molecule has 0 radical (unpaired) electrons. The number of benzene rings is 2. The Bertz CT molecular complexity index is 1020. The Labute approximate surface area is 191 Å². The molecule has 1 aromatic heterocycles. The van der Waals surface area contributed by atoms with E-state index in [0.717, 1.165) is 18.4 Å². The van der Waals surface area contributed by atoms with E-state index in [1.54, 1.807) is 23.1 Å². The molecule has 1 unspecified atom stereocenters. The molecule has 32 heavy (non-hydrogen) atoms. The lowest BCUT2D eigenvalue weighted by molar-refractivity contribution is 0.0904. The topological polar surface area (TPSA) is 88.9 Å². The Balaban J connectivity index is 1.60. The maximum Gasteiger partial charge on any atom is 0.255 e. The lowest BCUT2D eigenvalue weighted by Crippen LogP contribution is -2.43. The fourth-order valence-corrected chi connectivity index (χ4v) is 3.48. The molecule has 0 aliphatic rings. The molecular formula is C23H25ClFN5O2. The van der Waals surface area contributed by atoms with Crippen LogP contribution in [-0.4, -0.2) is 39.2 Å². The highest BCUT2D eigenvalue weighted by Crippen LogP contribution is 2.18. The van der Waals surface area contributed by atoms with Gasteiger partial charge >= 0.3 is 0 Å². The average Bonchev–Trinajstić information content (AvgIpc) is 3.29. The van der Waals surface area contributed by atoms with Crippen LogP contribution in [0.2, 0.25) is 5.02 Å². The summed E-state index contributed by atoms with van der Waals surface area (Å²) in [6.07, 6.45) is 5.59. The third-order valence-corrected chi connectivity index (χ3v) is 5.28. The quantitative estimate of drug-likeness (QED) is 0.484. The summed E-state index contributed by atoms with van der Waals surface area (Å²) in [6, 6.07) is 11.0. The van der Waals surface area contributed by atoms with E-state index in [0.29, 0.717) is 18.5 Å². The van der Waals surface area contributed by atoms with Gasteiger partial charge < -0.3 is 10.6 Å². The van der Waals surface area contributed by atoms with Gasteiger partial charge in [0.1, 0.15) is 18.5 Å². The fraction of sp³-hybridized carbons (Fsp3) is 0.304. The highest BCUT2D eigenvalue weighted by atomic mass is 35.5. The number of nitrogens with one attached hydrogen (secondary N) is 2. The van der Waals surface area contributed by atoms with Crippen LogP contribution in [0.4, 0.5) is 4.39 Å². The van der Waals surface area contributed by atoms with Gasteiger partial charge in [-0.25, -0.2) is 14.1 Å². The smallest absolute Gasteiger partial charge is 0.255 e. The summed E-state index contributed by atoms with van der Waals surface area (Å²) in [7, 11) is 0. The van der Waals surface area contributed by atoms with Gasteiger partial charge in [-0.05, 0) is 36.2 Å².